The summed E-state index contributed by atoms with van der Waals surface area (Å²) in [7, 11) is 0. The standard InChI is InChI=1S/C29H30N2O8/c1-16(2)27(34)39-25-17(3)38-29(36)22(15-37-28(35)20(25)13-18-9-5-4-6-10-18)31-26(33)24-23(32)14-19-11-7-8-12-21(19)30-24/h4-12,14,16-17,20,22,25,32H,13,15H2,1-3H3,(H,31,33)/t17-,20+,22?,25?/m0/s1. The van der Waals surface area contributed by atoms with Crippen LogP contribution in [0.25, 0.3) is 10.9 Å². The van der Waals surface area contributed by atoms with E-state index in [0.717, 1.165) is 5.56 Å². The molecule has 0 spiro atoms. The summed E-state index contributed by atoms with van der Waals surface area (Å²) in [5.41, 5.74) is 0.966. The van der Waals surface area contributed by atoms with Gasteiger partial charge in [-0.2, -0.15) is 0 Å². The number of carbonyl (C=O) groups is 4. The molecule has 4 atom stereocenters. The lowest BCUT2D eigenvalue weighted by Crippen LogP contribution is -2.47. The molecule has 0 radical (unpaired) electrons. The molecular weight excluding hydrogens is 504 g/mol. The van der Waals surface area contributed by atoms with Crippen molar-refractivity contribution < 1.29 is 38.5 Å². The average molecular weight is 535 g/mol. The zero-order valence-corrected chi connectivity index (χ0v) is 21.8. The number of para-hydroxylation sites is 1. The van der Waals surface area contributed by atoms with E-state index in [9.17, 15) is 24.3 Å². The Morgan fingerprint density at radius 1 is 1.08 bits per heavy atom. The highest BCUT2D eigenvalue weighted by Gasteiger charge is 2.42. The number of aromatic nitrogens is 1. The summed E-state index contributed by atoms with van der Waals surface area (Å²) in [6.07, 6.45) is -1.99. The topological polar surface area (TPSA) is 141 Å². The van der Waals surface area contributed by atoms with Crippen LogP contribution in [0.4, 0.5) is 0 Å². The van der Waals surface area contributed by atoms with Gasteiger partial charge < -0.3 is 24.6 Å². The Labute approximate surface area is 225 Å². The lowest BCUT2D eigenvalue weighted by atomic mass is 9.91. The summed E-state index contributed by atoms with van der Waals surface area (Å²) < 4.78 is 16.7. The Bertz CT molecular complexity index is 1370. The van der Waals surface area contributed by atoms with Gasteiger partial charge in [0.25, 0.3) is 5.91 Å². The minimum atomic E-state index is -1.39. The molecule has 1 saturated heterocycles. The van der Waals surface area contributed by atoms with Gasteiger partial charge in [0, 0.05) is 5.39 Å². The minimum Gasteiger partial charge on any atom is -0.505 e. The number of rotatable bonds is 6. The van der Waals surface area contributed by atoms with Crippen LogP contribution in [0.15, 0.2) is 60.7 Å². The van der Waals surface area contributed by atoms with Crippen molar-refractivity contribution in [3.63, 3.8) is 0 Å². The van der Waals surface area contributed by atoms with Crippen molar-refractivity contribution in [1.29, 1.82) is 0 Å². The summed E-state index contributed by atoms with van der Waals surface area (Å²) in [6.45, 7) is 4.30. The molecule has 1 aromatic heterocycles. The fourth-order valence-corrected chi connectivity index (χ4v) is 4.25. The molecule has 204 valence electrons. The SMILES string of the molecule is CC(C)C(=O)OC1[C@H](C)OC(=O)C(NC(=O)c2nc3ccccc3cc2O)COC(=O)[C@@H]1Cc1ccccc1. The first kappa shape index (κ1) is 27.6. The van der Waals surface area contributed by atoms with Crippen LogP contribution >= 0.6 is 0 Å². The van der Waals surface area contributed by atoms with Crippen molar-refractivity contribution in [2.24, 2.45) is 11.8 Å². The van der Waals surface area contributed by atoms with Crippen molar-refractivity contribution in [1.82, 2.24) is 10.3 Å². The zero-order chi connectivity index (χ0) is 28.1. The van der Waals surface area contributed by atoms with Crippen LogP contribution < -0.4 is 5.32 Å². The summed E-state index contributed by atoms with van der Waals surface area (Å²) in [4.78, 5) is 56.1. The number of aromatic hydroxyl groups is 1. The molecule has 0 bridgehead atoms. The Morgan fingerprint density at radius 3 is 2.49 bits per heavy atom. The third-order valence-corrected chi connectivity index (χ3v) is 6.39. The van der Waals surface area contributed by atoms with Gasteiger partial charge in [-0.1, -0.05) is 62.4 Å². The van der Waals surface area contributed by atoms with E-state index in [1.807, 2.05) is 30.3 Å². The number of ether oxygens (including phenoxy) is 3. The molecule has 2 heterocycles. The van der Waals surface area contributed by atoms with Crippen molar-refractivity contribution in [2.75, 3.05) is 6.61 Å². The highest BCUT2D eigenvalue weighted by molar-refractivity contribution is 5.99. The number of fused-ring (bicyclic) bond motifs is 1. The van der Waals surface area contributed by atoms with E-state index in [1.165, 1.54) is 13.0 Å². The van der Waals surface area contributed by atoms with Crippen LogP contribution in [-0.2, 0) is 35.0 Å². The molecule has 1 aliphatic heterocycles. The number of amides is 1. The molecule has 10 heteroatoms. The second-order valence-corrected chi connectivity index (χ2v) is 9.70. The predicted octanol–water partition coefficient (Wildman–Crippen LogP) is 2.95. The molecule has 1 fully saturated rings. The van der Waals surface area contributed by atoms with Gasteiger partial charge >= 0.3 is 17.9 Å². The van der Waals surface area contributed by atoms with Gasteiger partial charge in [0.1, 0.15) is 24.4 Å². The van der Waals surface area contributed by atoms with E-state index in [1.54, 1.807) is 38.1 Å². The van der Waals surface area contributed by atoms with E-state index in [2.05, 4.69) is 10.3 Å². The average Bonchev–Trinajstić information content (AvgIpc) is 2.95. The first-order valence-corrected chi connectivity index (χ1v) is 12.6. The van der Waals surface area contributed by atoms with Gasteiger partial charge in [-0.3, -0.25) is 14.4 Å². The molecule has 10 nitrogen and oxygen atoms in total. The van der Waals surface area contributed by atoms with Crippen LogP contribution in [0.3, 0.4) is 0 Å². The minimum absolute atomic E-state index is 0.170. The van der Waals surface area contributed by atoms with Gasteiger partial charge in [0.2, 0.25) is 0 Å². The first-order valence-electron chi connectivity index (χ1n) is 12.6. The van der Waals surface area contributed by atoms with Crippen LogP contribution in [0.5, 0.6) is 5.75 Å². The maximum Gasteiger partial charge on any atom is 0.332 e. The molecule has 1 amide bonds. The molecule has 2 unspecified atom stereocenters. The number of benzene rings is 2. The summed E-state index contributed by atoms with van der Waals surface area (Å²) in [6, 6.07) is 16.0. The molecule has 0 aliphatic carbocycles. The fourth-order valence-electron chi connectivity index (χ4n) is 4.25. The number of nitrogens with one attached hydrogen (secondary N) is 1. The second kappa shape index (κ2) is 11.9. The largest absolute Gasteiger partial charge is 0.505 e. The van der Waals surface area contributed by atoms with Crippen molar-refractivity contribution >= 4 is 34.7 Å². The highest BCUT2D eigenvalue weighted by atomic mass is 16.6. The maximum absolute atomic E-state index is 13.3. The van der Waals surface area contributed by atoms with Crippen molar-refractivity contribution in [2.45, 2.75) is 45.4 Å². The van der Waals surface area contributed by atoms with Gasteiger partial charge in [0.15, 0.2) is 17.8 Å². The second-order valence-electron chi connectivity index (χ2n) is 9.70. The molecule has 0 saturated carbocycles. The number of hydrogen-bond acceptors (Lipinski definition) is 9. The predicted molar refractivity (Wildman–Crippen MR) is 140 cm³/mol. The summed E-state index contributed by atoms with van der Waals surface area (Å²) >= 11 is 0. The number of carbonyl (C=O) groups excluding carboxylic acids is 4. The quantitative estimate of drug-likeness (QED) is 0.361. The normalized spacial score (nSPS) is 21.7. The van der Waals surface area contributed by atoms with Crippen LogP contribution in [-0.4, -0.2) is 58.8 Å². The molecule has 4 rings (SSSR count). The van der Waals surface area contributed by atoms with Gasteiger partial charge in [0.05, 0.1) is 11.4 Å². The van der Waals surface area contributed by atoms with Crippen molar-refractivity contribution in [3.05, 3.63) is 71.9 Å². The van der Waals surface area contributed by atoms with Crippen LogP contribution in [0, 0.1) is 11.8 Å². The number of nitrogens with zero attached hydrogens (tertiary/aromatic N) is 1. The lowest BCUT2D eigenvalue weighted by molar-refractivity contribution is -0.176. The van der Waals surface area contributed by atoms with Gasteiger partial charge in [-0.05, 0) is 31.0 Å². The monoisotopic (exact) mass is 534 g/mol. The van der Waals surface area contributed by atoms with E-state index in [4.69, 9.17) is 14.2 Å². The first-order chi connectivity index (χ1) is 18.6. The Morgan fingerprint density at radius 2 is 1.77 bits per heavy atom. The smallest absolute Gasteiger partial charge is 0.332 e. The van der Waals surface area contributed by atoms with E-state index in [-0.39, 0.29) is 17.9 Å². The number of pyridine rings is 1. The maximum atomic E-state index is 13.3. The number of hydrogen-bond donors (Lipinski definition) is 2. The van der Waals surface area contributed by atoms with E-state index in [0.29, 0.717) is 10.9 Å². The fraction of sp³-hybridized carbons (Fsp3) is 0.345. The van der Waals surface area contributed by atoms with Crippen molar-refractivity contribution in [3.8, 4) is 5.75 Å². The Balaban J connectivity index is 1.59. The molecule has 2 N–H and O–H groups in total. The summed E-state index contributed by atoms with van der Waals surface area (Å²) in [5, 5.41) is 13.4. The molecule has 1 aliphatic rings. The van der Waals surface area contributed by atoms with Crippen LogP contribution in [0.2, 0.25) is 0 Å². The Kier molecular flexibility index (Phi) is 8.43. The Hall–Kier alpha value is -4.47. The van der Waals surface area contributed by atoms with Gasteiger partial charge in [-0.25, -0.2) is 9.78 Å². The van der Waals surface area contributed by atoms with E-state index < -0.39 is 60.5 Å². The third-order valence-electron chi connectivity index (χ3n) is 6.39. The number of esters is 3. The van der Waals surface area contributed by atoms with Crippen LogP contribution in [0.1, 0.15) is 36.8 Å². The molecule has 39 heavy (non-hydrogen) atoms. The molecular formula is C29H30N2O8. The third kappa shape index (κ3) is 6.51. The lowest BCUT2D eigenvalue weighted by Gasteiger charge is -2.29. The molecule has 3 aromatic rings. The summed E-state index contributed by atoms with van der Waals surface area (Å²) in [5.74, 6) is -4.85. The molecule has 2 aromatic carbocycles. The van der Waals surface area contributed by atoms with Gasteiger partial charge in [-0.15, -0.1) is 0 Å². The van der Waals surface area contributed by atoms with E-state index >= 15 is 0 Å². The highest BCUT2D eigenvalue weighted by Crippen LogP contribution is 2.25. The zero-order valence-electron chi connectivity index (χ0n) is 21.8. The number of cyclic esters (lactones) is 2.